The molecule has 0 unspecified atom stereocenters. The molecule has 1 fully saturated rings. The van der Waals surface area contributed by atoms with Crippen LogP contribution >= 0.6 is 0 Å². The van der Waals surface area contributed by atoms with Gasteiger partial charge in [0.2, 0.25) is 0 Å². The van der Waals surface area contributed by atoms with Crippen molar-refractivity contribution >= 4 is 49.4 Å². The zero-order chi connectivity index (χ0) is 34.7. The zero-order valence-corrected chi connectivity index (χ0v) is 32.5. The van der Waals surface area contributed by atoms with Crippen LogP contribution in [0.2, 0.25) is 0 Å². The molecule has 4 nitrogen and oxygen atoms in total. The summed E-state index contributed by atoms with van der Waals surface area (Å²) in [5.41, 5.74) is 7.58. The van der Waals surface area contributed by atoms with Crippen LogP contribution in [0.25, 0.3) is 54.9 Å². The number of nitrogens with zero attached hydrogens (tertiary/aromatic N) is 1. The second-order valence-corrected chi connectivity index (χ2v) is 13.7. The van der Waals surface area contributed by atoms with Gasteiger partial charge in [-0.25, -0.2) is 0 Å². The Hall–Kier alpha value is -3.92. The summed E-state index contributed by atoms with van der Waals surface area (Å²) in [7, 11) is 4.54. The van der Waals surface area contributed by atoms with E-state index in [1.807, 2.05) is 39.8 Å². The van der Waals surface area contributed by atoms with E-state index in [-0.39, 0.29) is 43.5 Å². The summed E-state index contributed by atoms with van der Waals surface area (Å²) >= 11 is 0. The number of allylic oxidation sites excluding steroid dienone is 2. The van der Waals surface area contributed by atoms with Gasteiger partial charge in [-0.1, -0.05) is 101 Å². The fourth-order valence-corrected chi connectivity index (χ4v) is 7.84. The summed E-state index contributed by atoms with van der Waals surface area (Å²) in [6, 6.07) is 29.7. The van der Waals surface area contributed by atoms with Crippen LogP contribution in [0, 0.1) is 31.9 Å². The summed E-state index contributed by atoms with van der Waals surface area (Å²) < 4.78 is 8.52. The van der Waals surface area contributed by atoms with Crippen molar-refractivity contribution in [3.63, 3.8) is 0 Å². The molecule has 1 aliphatic rings. The summed E-state index contributed by atoms with van der Waals surface area (Å²) in [4.78, 5) is 11.7. The first-order valence-electron chi connectivity index (χ1n) is 18.3. The van der Waals surface area contributed by atoms with Gasteiger partial charge in [0, 0.05) is 55.8 Å². The third-order valence-corrected chi connectivity index (χ3v) is 10.7. The third kappa shape index (κ3) is 7.27. The summed E-state index contributed by atoms with van der Waals surface area (Å²) in [6.07, 6.45) is 10.0. The summed E-state index contributed by atoms with van der Waals surface area (Å²) in [6.45, 7) is 10.2. The molecule has 0 bridgehead atoms. The van der Waals surface area contributed by atoms with Crippen molar-refractivity contribution in [3.05, 3.63) is 109 Å². The van der Waals surface area contributed by atoms with E-state index < -0.39 is 0 Å². The Balaban J connectivity index is 0.000000261. The van der Waals surface area contributed by atoms with E-state index in [0.29, 0.717) is 5.92 Å². The molecular formula is C45H50IrNO3-. The first-order chi connectivity index (χ1) is 23.8. The van der Waals surface area contributed by atoms with E-state index >= 15 is 0 Å². The molecule has 4 aromatic carbocycles. The molecule has 0 amide bonds. The first kappa shape index (κ1) is 37.3. The SMILES string of the molecule is CCC(CC)C(=O)/C=C(\O)C(CC)CC.[CH2-][n+]1c(-c2[c-]c(C)cc3c2oc2ccccc23)cc(C2CCCC2)c2c3ccccc3ccc21.[Ir]. The molecular weight excluding hydrogens is 795 g/mol. The summed E-state index contributed by atoms with van der Waals surface area (Å²) in [5.74, 6) is 1.12. The molecule has 7 rings (SSSR count). The first-order valence-corrected chi connectivity index (χ1v) is 18.3. The average molecular weight is 845 g/mol. The van der Waals surface area contributed by atoms with Gasteiger partial charge in [-0.3, -0.25) is 4.79 Å². The number of rotatable bonds is 9. The van der Waals surface area contributed by atoms with E-state index in [4.69, 9.17) is 4.42 Å². The van der Waals surface area contributed by atoms with Crippen LogP contribution in [0.4, 0.5) is 0 Å². The number of aromatic nitrogens is 1. The molecule has 0 saturated heterocycles. The fourth-order valence-electron chi connectivity index (χ4n) is 7.84. The molecule has 50 heavy (non-hydrogen) atoms. The van der Waals surface area contributed by atoms with Crippen molar-refractivity contribution < 1.29 is 39.0 Å². The Morgan fingerprint density at radius 1 is 0.900 bits per heavy atom. The van der Waals surface area contributed by atoms with Crippen LogP contribution < -0.4 is 4.57 Å². The standard InChI is InChI=1S/C32H26NO.C13H24O2.Ir/c1-20-17-26-24-13-7-8-14-30(24)34-32(26)27(18-20)29-19-25(21-9-3-4-10-21)31-23-12-6-5-11-22(23)15-16-28(31)33(29)2;1-5-10(6-2)12(14)9-13(15)11(7-3)8-4;/h5-8,11-17,19,21H,2-4,9-10H2,1H3;9-11,14H,5-8H2,1-4H3;/q-1;;/b;12-9-;. The molecule has 1 aliphatic carbocycles. The largest absolute Gasteiger partial charge is 0.512 e. The van der Waals surface area contributed by atoms with Gasteiger partial charge in [-0.15, -0.1) is 17.7 Å². The van der Waals surface area contributed by atoms with Gasteiger partial charge < -0.3 is 14.1 Å². The van der Waals surface area contributed by atoms with Crippen molar-refractivity contribution in [2.24, 2.45) is 11.8 Å². The van der Waals surface area contributed by atoms with Gasteiger partial charge in [0.25, 0.3) is 0 Å². The van der Waals surface area contributed by atoms with Crippen LogP contribution in [-0.2, 0) is 24.9 Å². The molecule has 1 radical (unpaired) electrons. The van der Waals surface area contributed by atoms with Crippen LogP contribution in [0.15, 0.2) is 89.0 Å². The van der Waals surface area contributed by atoms with Gasteiger partial charge in [0.05, 0.1) is 11.3 Å². The maximum Gasteiger partial charge on any atom is 0.162 e. The number of aryl methyl sites for hydroxylation is 1. The van der Waals surface area contributed by atoms with E-state index in [9.17, 15) is 9.90 Å². The number of hydrogen-bond donors (Lipinski definition) is 1. The van der Waals surface area contributed by atoms with Crippen LogP contribution in [0.1, 0.15) is 96.1 Å². The second kappa shape index (κ2) is 16.4. The van der Waals surface area contributed by atoms with E-state index in [2.05, 4.69) is 85.3 Å². The number of hydrogen-bond acceptors (Lipinski definition) is 3. The van der Waals surface area contributed by atoms with Crippen molar-refractivity contribution in [2.75, 3.05) is 0 Å². The number of ketones is 1. The van der Waals surface area contributed by atoms with Gasteiger partial charge in [0.1, 0.15) is 16.8 Å². The zero-order valence-electron chi connectivity index (χ0n) is 30.1. The van der Waals surface area contributed by atoms with Crippen LogP contribution in [0.5, 0.6) is 0 Å². The maximum absolute atomic E-state index is 11.7. The molecule has 0 aliphatic heterocycles. The van der Waals surface area contributed by atoms with Crippen molar-refractivity contribution in [1.29, 1.82) is 0 Å². The Morgan fingerprint density at radius 2 is 1.54 bits per heavy atom. The topological polar surface area (TPSA) is 54.3 Å². The Morgan fingerprint density at radius 3 is 2.22 bits per heavy atom. The monoisotopic (exact) mass is 845 g/mol. The van der Waals surface area contributed by atoms with Crippen molar-refractivity contribution in [1.82, 2.24) is 0 Å². The molecule has 2 heterocycles. The van der Waals surface area contributed by atoms with Crippen LogP contribution in [0.3, 0.4) is 0 Å². The van der Waals surface area contributed by atoms with Gasteiger partial charge in [0.15, 0.2) is 5.78 Å². The van der Waals surface area contributed by atoms with E-state index in [1.165, 1.54) is 53.5 Å². The molecule has 0 atom stereocenters. The van der Waals surface area contributed by atoms with Crippen LogP contribution in [-0.4, -0.2) is 10.9 Å². The van der Waals surface area contributed by atoms with Gasteiger partial charge >= 0.3 is 0 Å². The third-order valence-electron chi connectivity index (χ3n) is 10.7. The molecule has 1 N–H and O–H groups in total. The van der Waals surface area contributed by atoms with Gasteiger partial charge in [-0.2, -0.15) is 0 Å². The van der Waals surface area contributed by atoms with Gasteiger partial charge in [-0.05, 0) is 84.5 Å². The van der Waals surface area contributed by atoms with Crippen molar-refractivity contribution in [3.8, 4) is 11.3 Å². The number of aliphatic hydroxyl groups is 1. The molecule has 5 heteroatoms. The number of aliphatic hydroxyl groups excluding tert-OH is 1. The number of carbonyl (C=O) groups is 1. The van der Waals surface area contributed by atoms with E-state index in [1.54, 1.807) is 0 Å². The quantitative estimate of drug-likeness (QED) is 0.0519. The number of carbonyl (C=O) groups excluding carboxylic acids is 1. The number of benzene rings is 4. The number of fused-ring (bicyclic) bond motifs is 6. The maximum atomic E-state index is 11.7. The number of para-hydroxylation sites is 1. The minimum atomic E-state index is 0. The Bertz CT molecular complexity index is 2150. The predicted octanol–water partition coefficient (Wildman–Crippen LogP) is 12.1. The average Bonchev–Trinajstić information content (AvgIpc) is 3.78. The molecule has 1 saturated carbocycles. The second-order valence-electron chi connectivity index (χ2n) is 13.7. The molecule has 263 valence electrons. The number of pyridine rings is 1. The minimum Gasteiger partial charge on any atom is -0.512 e. The molecule has 0 spiro atoms. The Kier molecular flexibility index (Phi) is 12.2. The van der Waals surface area contributed by atoms with Crippen molar-refractivity contribution in [2.45, 2.75) is 91.9 Å². The summed E-state index contributed by atoms with van der Waals surface area (Å²) in [5, 5.41) is 16.0. The molecule has 2 aromatic heterocycles. The smallest absolute Gasteiger partial charge is 0.162 e. The normalized spacial score (nSPS) is 13.8. The van der Waals surface area contributed by atoms with E-state index in [0.717, 1.165) is 70.0 Å². The number of furan rings is 1. The fraction of sp³-hybridized carbons (Fsp3) is 0.356. The minimum absolute atomic E-state index is 0. The Labute approximate surface area is 310 Å². The predicted molar refractivity (Wildman–Crippen MR) is 204 cm³/mol. The molecule has 6 aromatic rings.